The van der Waals surface area contributed by atoms with Gasteiger partial charge in [-0.1, -0.05) is 24.8 Å². The highest BCUT2D eigenvalue weighted by Crippen LogP contribution is 2.38. The number of anilines is 1. The van der Waals surface area contributed by atoms with Gasteiger partial charge in [-0.25, -0.2) is 9.59 Å². The number of esters is 1. The van der Waals surface area contributed by atoms with Crippen molar-refractivity contribution in [2.45, 2.75) is 50.4 Å². The number of carbonyl (C=O) groups is 2. The van der Waals surface area contributed by atoms with Gasteiger partial charge < -0.3 is 24.2 Å². The number of ether oxygens (including phenoxy) is 3. The summed E-state index contributed by atoms with van der Waals surface area (Å²) in [5, 5.41) is 17.9. The van der Waals surface area contributed by atoms with Gasteiger partial charge in [-0.05, 0) is 79.7 Å². The molecular weight excluding hydrogens is 548 g/mol. The number of benzene rings is 1. The molecule has 3 aromatic rings. The highest BCUT2D eigenvalue weighted by molar-refractivity contribution is 7.12. The number of hydrogen-bond acceptors (Lipinski definition) is 9. The van der Waals surface area contributed by atoms with Crippen LogP contribution in [0.2, 0.25) is 0 Å². The summed E-state index contributed by atoms with van der Waals surface area (Å²) < 4.78 is 16.6. The molecule has 1 aromatic carbocycles. The van der Waals surface area contributed by atoms with E-state index in [4.69, 9.17) is 14.2 Å². The van der Waals surface area contributed by atoms with E-state index >= 15 is 0 Å². The number of carbonyl (C=O) groups excluding carboxylic acids is 2. The van der Waals surface area contributed by atoms with Gasteiger partial charge in [0.25, 0.3) is 0 Å². The number of methoxy groups -OCH3 is 1. The van der Waals surface area contributed by atoms with Crippen molar-refractivity contribution in [1.29, 1.82) is 0 Å². The molecule has 0 aliphatic heterocycles. The van der Waals surface area contributed by atoms with Crippen LogP contribution in [0.15, 0.2) is 53.7 Å². The molecule has 8 nitrogen and oxygen atoms in total. The van der Waals surface area contributed by atoms with Crippen LogP contribution in [0.5, 0.6) is 5.75 Å². The predicted molar refractivity (Wildman–Crippen MR) is 159 cm³/mol. The summed E-state index contributed by atoms with van der Waals surface area (Å²) in [4.78, 5) is 28.9. The number of hydrogen-bond donors (Lipinski definition) is 2. The fraction of sp³-hybridized carbons (Fsp3) is 0.400. The molecule has 2 N–H and O–H groups in total. The normalized spacial score (nSPS) is 17.3. The van der Waals surface area contributed by atoms with Gasteiger partial charge in [0.2, 0.25) is 5.60 Å². The third-order valence-corrected chi connectivity index (χ3v) is 9.25. The van der Waals surface area contributed by atoms with Gasteiger partial charge in [-0.15, -0.1) is 22.7 Å². The van der Waals surface area contributed by atoms with Crippen LogP contribution < -0.4 is 10.1 Å². The lowest BCUT2D eigenvalue weighted by molar-refractivity contribution is -0.169. The number of likely N-dealkylation sites (N-methyl/N-ethyl adjacent to an activating group) is 1. The molecule has 4 rings (SSSR count). The minimum absolute atomic E-state index is 0.234. The fourth-order valence-corrected chi connectivity index (χ4v) is 6.66. The van der Waals surface area contributed by atoms with Crippen LogP contribution in [0.3, 0.4) is 0 Å². The molecule has 0 unspecified atom stereocenters. The average molecular weight is 585 g/mol. The van der Waals surface area contributed by atoms with Crippen LogP contribution in [0.1, 0.15) is 46.6 Å². The van der Waals surface area contributed by atoms with Crippen LogP contribution in [-0.2, 0) is 19.9 Å². The zero-order chi connectivity index (χ0) is 28.7. The monoisotopic (exact) mass is 584 g/mol. The summed E-state index contributed by atoms with van der Waals surface area (Å²) >= 11 is 2.67. The molecule has 0 atom stereocenters. The number of nitrogens with zero attached hydrogens (tertiary/aromatic N) is 1. The van der Waals surface area contributed by atoms with Crippen molar-refractivity contribution in [2.24, 2.45) is 0 Å². The Morgan fingerprint density at radius 3 is 2.35 bits per heavy atom. The fourth-order valence-electron chi connectivity index (χ4n) is 4.95. The molecule has 0 radical (unpaired) electrons. The second kappa shape index (κ2) is 13.5. The minimum atomic E-state index is -1.79. The number of aryl methyl sites for hydroxylation is 1. The first kappa shape index (κ1) is 29.8. The Bertz CT molecular complexity index is 1250. The van der Waals surface area contributed by atoms with Crippen molar-refractivity contribution in [3.05, 3.63) is 74.6 Å². The Balaban J connectivity index is 1.23. The summed E-state index contributed by atoms with van der Waals surface area (Å²) in [6.45, 7) is 6.55. The SMILES string of the molecule is C=Cc1cc(C)c(OC)cc1NC(=O)OCCN(C)C1CCC(OC(=O)C(O)(c2cccs2)c2cccs2)CC1. The van der Waals surface area contributed by atoms with Crippen LogP contribution in [0.25, 0.3) is 6.08 Å². The lowest BCUT2D eigenvalue weighted by Crippen LogP contribution is -2.42. The first-order chi connectivity index (χ1) is 19.3. The van der Waals surface area contributed by atoms with E-state index in [0.717, 1.165) is 24.0 Å². The van der Waals surface area contributed by atoms with Gasteiger partial charge in [0, 0.05) is 18.7 Å². The van der Waals surface area contributed by atoms with E-state index in [1.54, 1.807) is 31.4 Å². The first-order valence-electron chi connectivity index (χ1n) is 13.2. The number of rotatable bonds is 11. The van der Waals surface area contributed by atoms with Crippen molar-refractivity contribution in [3.8, 4) is 5.75 Å². The topological polar surface area (TPSA) is 97.3 Å². The number of amides is 1. The molecule has 2 heterocycles. The van der Waals surface area contributed by atoms with Gasteiger partial charge in [-0.3, -0.25) is 5.32 Å². The lowest BCUT2D eigenvalue weighted by Gasteiger charge is -2.35. The minimum Gasteiger partial charge on any atom is -0.496 e. The maximum atomic E-state index is 13.2. The highest BCUT2D eigenvalue weighted by Gasteiger charge is 2.45. The predicted octanol–water partition coefficient (Wildman–Crippen LogP) is 6.04. The van der Waals surface area contributed by atoms with Crippen LogP contribution in [0.4, 0.5) is 10.5 Å². The van der Waals surface area contributed by atoms with Crippen molar-refractivity contribution < 1.29 is 28.9 Å². The van der Waals surface area contributed by atoms with E-state index in [9.17, 15) is 14.7 Å². The van der Waals surface area contributed by atoms with E-state index in [1.807, 2.05) is 42.9 Å². The van der Waals surface area contributed by atoms with Crippen LogP contribution >= 0.6 is 22.7 Å². The molecule has 1 saturated carbocycles. The molecule has 1 amide bonds. The summed E-state index contributed by atoms with van der Waals surface area (Å²) in [5.74, 6) is 0.0454. The summed E-state index contributed by atoms with van der Waals surface area (Å²) in [7, 11) is 3.59. The molecule has 10 heteroatoms. The van der Waals surface area contributed by atoms with Gasteiger partial charge in [0.1, 0.15) is 18.5 Å². The van der Waals surface area contributed by atoms with E-state index in [0.29, 0.717) is 40.6 Å². The van der Waals surface area contributed by atoms with Crippen molar-refractivity contribution in [1.82, 2.24) is 4.90 Å². The number of thiophene rings is 2. The summed E-state index contributed by atoms with van der Waals surface area (Å²) in [6, 6.07) is 11.1. The molecule has 1 aliphatic rings. The largest absolute Gasteiger partial charge is 0.496 e. The summed E-state index contributed by atoms with van der Waals surface area (Å²) in [5.41, 5.74) is 0.523. The number of nitrogens with one attached hydrogen (secondary N) is 1. The van der Waals surface area contributed by atoms with E-state index in [-0.39, 0.29) is 18.8 Å². The second-order valence-corrected chi connectivity index (χ2v) is 11.8. The van der Waals surface area contributed by atoms with Crippen molar-refractivity contribution in [2.75, 3.05) is 32.6 Å². The Hall–Kier alpha value is -3.18. The standard InChI is InChI=1S/C30H36N2O6S2/c1-5-21-18-20(2)25(36-4)19-24(21)31-29(34)37-15-14-32(3)22-10-12-23(13-11-22)38-28(33)30(35,26-8-6-16-39-26)27-9-7-17-40-27/h5-9,16-19,22-23,35H,1,10-15H2,2-4H3,(H,31,34). The molecule has 0 bridgehead atoms. The molecular formula is C30H36N2O6S2. The average Bonchev–Trinajstić information content (AvgIpc) is 3.69. The Kier molecular flexibility index (Phi) is 10.0. The van der Waals surface area contributed by atoms with E-state index in [1.165, 1.54) is 22.7 Å². The molecule has 2 aromatic heterocycles. The second-order valence-electron chi connectivity index (χ2n) is 9.86. The van der Waals surface area contributed by atoms with Crippen LogP contribution in [-0.4, -0.2) is 61.5 Å². The van der Waals surface area contributed by atoms with E-state index < -0.39 is 17.7 Å². The van der Waals surface area contributed by atoms with Gasteiger partial charge in [0.15, 0.2) is 0 Å². The maximum absolute atomic E-state index is 13.2. The van der Waals surface area contributed by atoms with Gasteiger partial charge >= 0.3 is 12.1 Å². The van der Waals surface area contributed by atoms with Crippen molar-refractivity contribution >= 4 is 46.5 Å². The molecule has 0 spiro atoms. The first-order valence-corrected chi connectivity index (χ1v) is 15.0. The van der Waals surface area contributed by atoms with Gasteiger partial charge in [-0.2, -0.15) is 0 Å². The maximum Gasteiger partial charge on any atom is 0.411 e. The number of aliphatic hydroxyl groups is 1. The zero-order valence-corrected chi connectivity index (χ0v) is 24.7. The van der Waals surface area contributed by atoms with Gasteiger partial charge in [0.05, 0.1) is 22.6 Å². The molecule has 1 fully saturated rings. The quantitative estimate of drug-likeness (QED) is 0.265. The zero-order valence-electron chi connectivity index (χ0n) is 23.1. The third-order valence-electron chi connectivity index (χ3n) is 7.29. The Morgan fingerprint density at radius 1 is 1.15 bits per heavy atom. The molecule has 0 saturated heterocycles. The molecule has 40 heavy (non-hydrogen) atoms. The highest BCUT2D eigenvalue weighted by atomic mass is 32.1. The molecule has 214 valence electrons. The lowest BCUT2D eigenvalue weighted by atomic mass is 9.91. The van der Waals surface area contributed by atoms with Crippen molar-refractivity contribution in [3.63, 3.8) is 0 Å². The Labute approximate surface area is 243 Å². The summed E-state index contributed by atoms with van der Waals surface area (Å²) in [6.07, 6.45) is 3.96. The smallest absolute Gasteiger partial charge is 0.411 e. The Morgan fingerprint density at radius 2 is 1.80 bits per heavy atom. The van der Waals surface area contributed by atoms with Crippen LogP contribution in [0, 0.1) is 6.92 Å². The molecule has 1 aliphatic carbocycles. The third kappa shape index (κ3) is 6.75. The van der Waals surface area contributed by atoms with E-state index in [2.05, 4.69) is 16.8 Å².